The quantitative estimate of drug-likeness (QED) is 0.0644. The molecule has 0 spiro atoms. The number of hydrogen-bond donors (Lipinski definition) is 1. The molecule has 0 aliphatic carbocycles. The first-order valence-corrected chi connectivity index (χ1v) is 21.4. The van der Waals surface area contributed by atoms with E-state index in [-0.39, 0.29) is 30.6 Å². The van der Waals surface area contributed by atoms with E-state index in [4.69, 9.17) is 61.6 Å². The molecule has 17 nitrogen and oxygen atoms in total. The first-order chi connectivity index (χ1) is 30.9. The molecule has 2 aromatic rings. The summed E-state index contributed by atoms with van der Waals surface area (Å²) < 4.78 is 110. The predicted octanol–water partition coefficient (Wildman–Crippen LogP) is 5.66. The summed E-state index contributed by atoms with van der Waals surface area (Å²) in [5, 5.41) is 2.86. The molecule has 0 bridgehead atoms. The van der Waals surface area contributed by atoms with Gasteiger partial charge in [-0.3, -0.25) is 0 Å². The molecule has 20 heteroatoms. The van der Waals surface area contributed by atoms with Gasteiger partial charge < -0.3 is 71.8 Å². The number of nitrogens with zero attached hydrogens (tertiary/aromatic N) is 1. The second kappa shape index (κ2) is 35.6. The maximum absolute atomic E-state index is 13.1. The second-order valence-corrected chi connectivity index (χ2v) is 14.5. The van der Waals surface area contributed by atoms with Gasteiger partial charge in [0, 0.05) is 19.3 Å². The summed E-state index contributed by atoms with van der Waals surface area (Å²) in [6.45, 7) is 15.0. The third kappa shape index (κ3) is 30.5. The minimum atomic E-state index is -4.48. The van der Waals surface area contributed by atoms with E-state index in [1.807, 2.05) is 20.8 Å². The van der Waals surface area contributed by atoms with Crippen LogP contribution in [0.25, 0.3) is 0 Å². The van der Waals surface area contributed by atoms with Crippen LogP contribution in [0.15, 0.2) is 48.5 Å². The number of ether oxygens (including phenoxy) is 13. The number of amides is 1. The van der Waals surface area contributed by atoms with Gasteiger partial charge in [-0.25, -0.2) is 9.59 Å². The number of halogens is 3. The Bertz CT molecular complexity index is 1490. The van der Waals surface area contributed by atoms with Crippen molar-refractivity contribution in [2.45, 2.75) is 32.5 Å². The van der Waals surface area contributed by atoms with Crippen LogP contribution in [0.1, 0.15) is 36.7 Å². The lowest BCUT2D eigenvalue weighted by atomic mass is 10.1. The standard InChI is InChI=1S/C44H69F3N2O15/c1-43(2,3)64-42(51)49(4)12-13-52-14-15-53-16-17-54-18-19-55-20-21-56-22-23-57-24-25-58-26-27-59-28-29-60-30-31-61-32-33-62-34-35-63-41(50)39-10-5-6-11-40(39)48-38-9-7-8-37(36-38)44(45,46)47/h5-11,36,48H,12-35H2,1-4H3. The molecule has 0 saturated carbocycles. The molecule has 0 saturated heterocycles. The summed E-state index contributed by atoms with van der Waals surface area (Å²) in [7, 11) is 1.67. The van der Waals surface area contributed by atoms with Gasteiger partial charge in [0.1, 0.15) is 12.2 Å². The summed E-state index contributed by atoms with van der Waals surface area (Å²) in [5.41, 5.74) is -0.635. The Morgan fingerprint density at radius 1 is 0.516 bits per heavy atom. The SMILES string of the molecule is CN(CCOCCOCCOCCOCCOCCOCCOCCOCCOCCOCCOCCOC(=O)c1ccccc1Nc1cccc(C(F)(F)F)c1)C(=O)OC(C)(C)C. The third-order valence-electron chi connectivity index (χ3n) is 8.07. The van der Waals surface area contributed by atoms with Crippen LogP contribution in [0, 0.1) is 0 Å². The van der Waals surface area contributed by atoms with Gasteiger partial charge in [0.25, 0.3) is 0 Å². The van der Waals surface area contributed by atoms with Crippen molar-refractivity contribution < 1.29 is 84.3 Å². The van der Waals surface area contributed by atoms with Crippen LogP contribution in [-0.2, 0) is 67.8 Å². The average Bonchev–Trinajstić information content (AvgIpc) is 3.25. The molecule has 64 heavy (non-hydrogen) atoms. The highest BCUT2D eigenvalue weighted by atomic mass is 19.4. The maximum atomic E-state index is 13.1. The zero-order chi connectivity index (χ0) is 46.6. The lowest BCUT2D eigenvalue weighted by Crippen LogP contribution is -2.36. The van der Waals surface area contributed by atoms with Gasteiger partial charge >= 0.3 is 18.2 Å². The van der Waals surface area contributed by atoms with Gasteiger partial charge in [0.2, 0.25) is 0 Å². The average molecular weight is 923 g/mol. The van der Waals surface area contributed by atoms with E-state index >= 15 is 0 Å². The largest absolute Gasteiger partial charge is 0.460 e. The molecule has 0 aliphatic rings. The Kier molecular flexibility index (Phi) is 31.4. The summed E-state index contributed by atoms with van der Waals surface area (Å²) >= 11 is 0. The number of alkyl halides is 3. The minimum absolute atomic E-state index is 0.00909. The molecule has 366 valence electrons. The van der Waals surface area contributed by atoms with Gasteiger partial charge in [0.05, 0.1) is 162 Å². The predicted molar refractivity (Wildman–Crippen MR) is 229 cm³/mol. The van der Waals surface area contributed by atoms with Crippen LogP contribution in [-0.4, -0.2) is 188 Å². The summed E-state index contributed by atoms with van der Waals surface area (Å²) in [6.07, 6.45) is -4.86. The van der Waals surface area contributed by atoms with E-state index in [1.54, 1.807) is 25.2 Å². The maximum Gasteiger partial charge on any atom is 0.416 e. The van der Waals surface area contributed by atoms with Crippen LogP contribution in [0.2, 0.25) is 0 Å². The summed E-state index contributed by atoms with van der Waals surface area (Å²) in [6, 6.07) is 11.1. The van der Waals surface area contributed by atoms with Crippen LogP contribution in [0.5, 0.6) is 0 Å². The smallest absolute Gasteiger partial charge is 0.416 e. The van der Waals surface area contributed by atoms with Crippen molar-refractivity contribution in [1.82, 2.24) is 4.90 Å². The molecular weight excluding hydrogens is 853 g/mol. The first-order valence-electron chi connectivity index (χ1n) is 21.4. The van der Waals surface area contributed by atoms with E-state index in [0.717, 1.165) is 12.1 Å². The number of likely N-dealkylation sites (N-methyl/N-ethyl adjacent to an activating group) is 1. The molecule has 0 aromatic heterocycles. The Hall–Kier alpha value is -3.67. The number of rotatable bonds is 39. The zero-order valence-corrected chi connectivity index (χ0v) is 37.8. The van der Waals surface area contributed by atoms with Gasteiger partial charge in [-0.05, 0) is 51.1 Å². The molecular formula is C44H69F3N2O15. The van der Waals surface area contributed by atoms with Crippen molar-refractivity contribution >= 4 is 23.4 Å². The Morgan fingerprint density at radius 2 is 0.891 bits per heavy atom. The lowest BCUT2D eigenvalue weighted by molar-refractivity contribution is -0.137. The number of para-hydroxylation sites is 1. The molecule has 2 rings (SSSR count). The molecule has 1 N–H and O–H groups in total. The van der Waals surface area contributed by atoms with E-state index in [0.29, 0.717) is 151 Å². The minimum Gasteiger partial charge on any atom is -0.460 e. The lowest BCUT2D eigenvalue weighted by Gasteiger charge is -2.24. The number of anilines is 2. The van der Waals surface area contributed by atoms with Crippen LogP contribution >= 0.6 is 0 Å². The number of benzene rings is 2. The molecule has 0 radical (unpaired) electrons. The second-order valence-electron chi connectivity index (χ2n) is 14.5. The highest BCUT2D eigenvalue weighted by Gasteiger charge is 2.30. The molecule has 0 fully saturated rings. The monoisotopic (exact) mass is 922 g/mol. The number of hydrogen-bond acceptors (Lipinski definition) is 16. The highest BCUT2D eigenvalue weighted by molar-refractivity contribution is 5.96. The van der Waals surface area contributed by atoms with Crippen molar-refractivity contribution in [3.63, 3.8) is 0 Å². The van der Waals surface area contributed by atoms with Gasteiger partial charge in [-0.15, -0.1) is 0 Å². The molecule has 2 aromatic carbocycles. The normalized spacial score (nSPS) is 11.8. The van der Waals surface area contributed by atoms with Crippen molar-refractivity contribution in [2.75, 3.05) is 171 Å². The fraction of sp³-hybridized carbons (Fsp3) is 0.682. The number of nitrogens with one attached hydrogen (secondary N) is 1. The highest BCUT2D eigenvalue weighted by Crippen LogP contribution is 2.32. The Balaban J connectivity index is 1.24. The molecule has 0 aliphatic heterocycles. The van der Waals surface area contributed by atoms with Gasteiger partial charge in [0.15, 0.2) is 0 Å². The van der Waals surface area contributed by atoms with E-state index in [2.05, 4.69) is 5.32 Å². The van der Waals surface area contributed by atoms with E-state index in [1.165, 1.54) is 23.1 Å². The summed E-state index contributed by atoms with van der Waals surface area (Å²) in [4.78, 5) is 26.0. The Morgan fingerprint density at radius 3 is 1.28 bits per heavy atom. The van der Waals surface area contributed by atoms with E-state index < -0.39 is 23.3 Å². The van der Waals surface area contributed by atoms with Crippen LogP contribution in [0.3, 0.4) is 0 Å². The van der Waals surface area contributed by atoms with Crippen molar-refractivity contribution in [3.05, 3.63) is 59.7 Å². The van der Waals surface area contributed by atoms with Crippen molar-refractivity contribution in [2.24, 2.45) is 0 Å². The Labute approximate surface area is 375 Å². The molecule has 0 atom stereocenters. The van der Waals surface area contributed by atoms with Gasteiger partial charge in [-0.1, -0.05) is 18.2 Å². The van der Waals surface area contributed by atoms with Crippen molar-refractivity contribution in [3.8, 4) is 0 Å². The molecule has 0 unspecified atom stereocenters. The number of carbonyl (C=O) groups excluding carboxylic acids is 2. The van der Waals surface area contributed by atoms with Crippen LogP contribution < -0.4 is 5.32 Å². The number of carbonyl (C=O) groups is 2. The molecule has 0 heterocycles. The van der Waals surface area contributed by atoms with Crippen LogP contribution in [0.4, 0.5) is 29.3 Å². The summed E-state index contributed by atoms with van der Waals surface area (Å²) in [5.74, 6) is -0.634. The molecule has 1 amide bonds. The third-order valence-corrected chi connectivity index (χ3v) is 8.07. The number of esters is 1. The fourth-order valence-electron chi connectivity index (χ4n) is 4.90. The van der Waals surface area contributed by atoms with Crippen molar-refractivity contribution in [1.29, 1.82) is 0 Å². The van der Waals surface area contributed by atoms with E-state index in [9.17, 15) is 22.8 Å². The fourth-order valence-corrected chi connectivity index (χ4v) is 4.90. The first kappa shape index (κ1) is 56.5. The van der Waals surface area contributed by atoms with Gasteiger partial charge in [-0.2, -0.15) is 13.2 Å². The zero-order valence-electron chi connectivity index (χ0n) is 37.8. The topological polar surface area (TPSA) is 169 Å².